The number of halogens is 2. The number of aliphatic hydroxyl groups is 1. The Morgan fingerprint density at radius 3 is 2.40 bits per heavy atom. The Kier molecular flexibility index (Phi) is 8.44. The van der Waals surface area contributed by atoms with Crippen molar-refractivity contribution in [2.45, 2.75) is 12.0 Å². The minimum Gasteiger partial charge on any atom is -0.508 e. The minimum absolute atomic E-state index is 0.00904. The van der Waals surface area contributed by atoms with Crippen LogP contribution in [0.25, 0.3) is 5.76 Å². The molecule has 1 amide bonds. The number of hydrogen-bond donors (Lipinski definition) is 1. The molecule has 1 heterocycles. The normalized spacial score (nSPS) is 14.3. The standard InChI is InChI=1S/C32H26F2N2O5S/c1-19(37)22-7-4-6-20(16-22)18-41-28-9-5-8-25(29(28)40-3)32-36(31(38)23-12-15-27(39-2)26(34)17-23)35-30(42-32)21-10-13-24(33)14-11-21/h4-17,32,37H,1,18H2,2-3H3. The zero-order chi connectivity index (χ0) is 29.8. The number of amides is 1. The van der Waals surface area contributed by atoms with Crippen LogP contribution in [0.3, 0.4) is 0 Å². The Hall–Kier alpha value is -4.83. The van der Waals surface area contributed by atoms with Crippen molar-refractivity contribution in [2.75, 3.05) is 14.2 Å². The van der Waals surface area contributed by atoms with Gasteiger partial charge in [-0.25, -0.2) is 13.8 Å². The quantitative estimate of drug-likeness (QED) is 0.206. The third-order valence-electron chi connectivity index (χ3n) is 6.48. The first-order valence-corrected chi connectivity index (χ1v) is 13.6. The maximum Gasteiger partial charge on any atom is 0.275 e. The van der Waals surface area contributed by atoms with Crippen molar-refractivity contribution in [1.82, 2.24) is 5.01 Å². The van der Waals surface area contributed by atoms with Gasteiger partial charge in [0.15, 0.2) is 23.1 Å². The van der Waals surface area contributed by atoms with Crippen LogP contribution in [0.2, 0.25) is 0 Å². The van der Waals surface area contributed by atoms with E-state index >= 15 is 0 Å². The Bertz CT molecular complexity index is 1680. The molecule has 4 aromatic carbocycles. The molecule has 1 N–H and O–H groups in total. The first-order valence-electron chi connectivity index (χ1n) is 12.7. The molecule has 1 aliphatic heterocycles. The van der Waals surface area contributed by atoms with Crippen LogP contribution < -0.4 is 14.2 Å². The van der Waals surface area contributed by atoms with Crippen LogP contribution >= 0.6 is 11.8 Å². The van der Waals surface area contributed by atoms with Crippen molar-refractivity contribution >= 4 is 28.5 Å². The van der Waals surface area contributed by atoms with Gasteiger partial charge in [-0.05, 0) is 60.2 Å². The molecule has 1 unspecified atom stereocenters. The van der Waals surface area contributed by atoms with Gasteiger partial charge >= 0.3 is 0 Å². The summed E-state index contributed by atoms with van der Waals surface area (Å²) in [7, 11) is 2.84. The van der Waals surface area contributed by atoms with E-state index in [2.05, 4.69) is 11.7 Å². The third kappa shape index (κ3) is 5.94. The predicted molar refractivity (Wildman–Crippen MR) is 158 cm³/mol. The maximum atomic E-state index is 14.5. The Morgan fingerprint density at radius 1 is 0.952 bits per heavy atom. The first kappa shape index (κ1) is 28.7. The summed E-state index contributed by atoms with van der Waals surface area (Å²) in [6.45, 7) is 3.73. The number of rotatable bonds is 9. The first-order chi connectivity index (χ1) is 20.3. The van der Waals surface area contributed by atoms with Gasteiger partial charge in [0.25, 0.3) is 5.91 Å². The number of para-hydroxylation sites is 1. The molecule has 0 aliphatic carbocycles. The van der Waals surface area contributed by atoms with E-state index in [-0.39, 0.29) is 23.7 Å². The van der Waals surface area contributed by atoms with Gasteiger partial charge in [-0.15, -0.1) is 0 Å². The summed E-state index contributed by atoms with van der Waals surface area (Å²) < 4.78 is 45.0. The number of hydrazone groups is 1. The highest BCUT2D eigenvalue weighted by Crippen LogP contribution is 2.47. The lowest BCUT2D eigenvalue weighted by Gasteiger charge is -2.24. The van der Waals surface area contributed by atoms with Gasteiger partial charge in [0.05, 0.1) is 14.2 Å². The van der Waals surface area contributed by atoms with E-state index in [9.17, 15) is 18.7 Å². The van der Waals surface area contributed by atoms with Gasteiger partial charge < -0.3 is 19.3 Å². The average Bonchev–Trinajstić information content (AvgIpc) is 3.45. The van der Waals surface area contributed by atoms with Crippen LogP contribution in [-0.2, 0) is 6.61 Å². The van der Waals surface area contributed by atoms with Crippen LogP contribution in [0.15, 0.2) is 96.6 Å². The fourth-order valence-electron chi connectivity index (χ4n) is 4.39. The zero-order valence-corrected chi connectivity index (χ0v) is 23.5. The molecule has 5 rings (SSSR count). The predicted octanol–water partition coefficient (Wildman–Crippen LogP) is 7.34. The van der Waals surface area contributed by atoms with Crippen molar-refractivity contribution in [3.8, 4) is 17.2 Å². The van der Waals surface area contributed by atoms with Crippen molar-refractivity contribution in [3.05, 3.63) is 131 Å². The van der Waals surface area contributed by atoms with E-state index in [0.29, 0.717) is 33.2 Å². The van der Waals surface area contributed by atoms with Crippen LogP contribution in [0.4, 0.5) is 8.78 Å². The summed E-state index contributed by atoms with van der Waals surface area (Å²) in [6.07, 6.45) is 0. The molecule has 0 saturated carbocycles. The van der Waals surface area contributed by atoms with Crippen molar-refractivity contribution < 1.29 is 32.9 Å². The number of thioether (sulfide) groups is 1. The number of methoxy groups -OCH3 is 2. The molecule has 0 bridgehead atoms. The number of ether oxygens (including phenoxy) is 3. The van der Waals surface area contributed by atoms with Crippen LogP contribution in [0, 0.1) is 11.6 Å². The van der Waals surface area contributed by atoms with Crippen LogP contribution in [0.5, 0.6) is 17.2 Å². The second-order valence-corrected chi connectivity index (χ2v) is 10.3. The molecule has 0 radical (unpaired) electrons. The summed E-state index contributed by atoms with van der Waals surface area (Å²) in [6, 6.07) is 22.2. The zero-order valence-electron chi connectivity index (χ0n) is 22.7. The minimum atomic E-state index is -0.720. The van der Waals surface area contributed by atoms with Crippen molar-refractivity contribution in [2.24, 2.45) is 5.10 Å². The van der Waals surface area contributed by atoms with Gasteiger partial charge in [-0.1, -0.05) is 48.7 Å². The van der Waals surface area contributed by atoms with Crippen LogP contribution in [-0.4, -0.2) is 35.3 Å². The second kappa shape index (κ2) is 12.4. The molecular formula is C32H26F2N2O5S. The Morgan fingerprint density at radius 2 is 1.71 bits per heavy atom. The molecule has 0 spiro atoms. The molecule has 0 fully saturated rings. The maximum absolute atomic E-state index is 14.5. The summed E-state index contributed by atoms with van der Waals surface area (Å²) in [5.74, 6) is -0.880. The largest absolute Gasteiger partial charge is 0.508 e. The highest BCUT2D eigenvalue weighted by molar-refractivity contribution is 8.14. The lowest BCUT2D eigenvalue weighted by Crippen LogP contribution is -2.26. The van der Waals surface area contributed by atoms with Crippen molar-refractivity contribution in [3.63, 3.8) is 0 Å². The van der Waals surface area contributed by atoms with Crippen molar-refractivity contribution in [1.29, 1.82) is 0 Å². The van der Waals surface area contributed by atoms with Gasteiger partial charge in [0.2, 0.25) is 0 Å². The number of carbonyl (C=O) groups excluding carboxylic acids is 1. The highest BCUT2D eigenvalue weighted by atomic mass is 32.2. The second-order valence-electron chi connectivity index (χ2n) is 9.20. The van der Waals surface area contributed by atoms with Gasteiger partial charge in [-0.2, -0.15) is 5.10 Å². The van der Waals surface area contributed by atoms with E-state index in [4.69, 9.17) is 14.2 Å². The number of nitrogens with zero attached hydrogens (tertiary/aromatic N) is 2. The third-order valence-corrected chi connectivity index (χ3v) is 7.69. The molecule has 0 aromatic heterocycles. The monoisotopic (exact) mass is 588 g/mol. The van der Waals surface area contributed by atoms with Gasteiger partial charge in [-0.3, -0.25) is 4.79 Å². The van der Waals surface area contributed by atoms with Gasteiger partial charge in [0, 0.05) is 22.3 Å². The SMILES string of the molecule is C=C(O)c1cccc(COc2cccc(C3SC(c4ccc(F)cc4)=NN3C(=O)c3ccc(OC)c(F)c3)c2OC)c1. The molecule has 214 valence electrons. The summed E-state index contributed by atoms with van der Waals surface area (Å²) in [5.41, 5.74) is 2.64. The Labute approximate surface area is 245 Å². The van der Waals surface area contributed by atoms with Crippen LogP contribution in [0.1, 0.15) is 38.0 Å². The smallest absolute Gasteiger partial charge is 0.275 e. The molecule has 4 aromatic rings. The summed E-state index contributed by atoms with van der Waals surface area (Å²) in [4.78, 5) is 13.7. The lowest BCUT2D eigenvalue weighted by molar-refractivity contribution is 0.0747. The number of carbonyl (C=O) groups is 1. The average molecular weight is 589 g/mol. The molecule has 42 heavy (non-hydrogen) atoms. The van der Waals surface area contributed by atoms with Gasteiger partial charge in [0.1, 0.15) is 28.6 Å². The van der Waals surface area contributed by atoms with E-state index in [0.717, 1.165) is 11.6 Å². The molecule has 7 nitrogen and oxygen atoms in total. The molecule has 1 atom stereocenters. The number of hydrogen-bond acceptors (Lipinski definition) is 7. The topological polar surface area (TPSA) is 80.6 Å². The fraction of sp³-hybridized carbons (Fsp3) is 0.125. The lowest BCUT2D eigenvalue weighted by atomic mass is 10.1. The fourth-order valence-corrected chi connectivity index (χ4v) is 5.56. The highest BCUT2D eigenvalue weighted by Gasteiger charge is 2.37. The molecule has 1 aliphatic rings. The van der Waals surface area contributed by atoms with E-state index in [1.54, 1.807) is 48.5 Å². The number of aliphatic hydroxyl groups excluding tert-OH is 1. The Balaban J connectivity index is 1.50. The van der Waals surface area contributed by atoms with E-state index < -0.39 is 22.9 Å². The summed E-state index contributed by atoms with van der Waals surface area (Å²) >= 11 is 1.26. The molecule has 10 heteroatoms. The molecular weight excluding hydrogens is 562 g/mol. The van der Waals surface area contributed by atoms with E-state index in [1.807, 2.05) is 6.07 Å². The number of benzene rings is 4. The summed E-state index contributed by atoms with van der Waals surface area (Å²) in [5, 5.41) is 15.3. The van der Waals surface area contributed by atoms with E-state index in [1.165, 1.54) is 55.3 Å². The molecule has 0 saturated heterocycles.